The lowest BCUT2D eigenvalue weighted by Crippen LogP contribution is -2.42. The van der Waals surface area contributed by atoms with Crippen LogP contribution in [0.5, 0.6) is 5.75 Å². The number of hydrogen-bond acceptors (Lipinski definition) is 4. The highest BCUT2D eigenvalue weighted by Gasteiger charge is 2.55. The number of rotatable bonds is 3. The molecular formula is C20H15F4N3O3. The van der Waals surface area contributed by atoms with Gasteiger partial charge < -0.3 is 9.64 Å². The first-order valence-corrected chi connectivity index (χ1v) is 8.54. The van der Waals surface area contributed by atoms with Crippen molar-refractivity contribution in [2.75, 3.05) is 19.1 Å². The van der Waals surface area contributed by atoms with Gasteiger partial charge in [-0.15, -0.1) is 0 Å². The van der Waals surface area contributed by atoms with Gasteiger partial charge in [-0.2, -0.15) is 18.4 Å². The molecule has 0 radical (unpaired) electrons. The van der Waals surface area contributed by atoms with Gasteiger partial charge in [0.25, 0.3) is 5.91 Å². The average molecular weight is 421 g/mol. The van der Waals surface area contributed by atoms with Gasteiger partial charge in [-0.05, 0) is 37.3 Å². The third-order valence-electron chi connectivity index (χ3n) is 5.16. The van der Waals surface area contributed by atoms with Crippen molar-refractivity contribution in [3.8, 4) is 11.8 Å². The van der Waals surface area contributed by atoms with Crippen molar-refractivity contribution < 1.29 is 31.9 Å². The topological polar surface area (TPSA) is 73.6 Å². The molecule has 1 aliphatic rings. The van der Waals surface area contributed by atoms with E-state index in [9.17, 15) is 27.2 Å². The largest absolute Gasteiger partial charge is 0.497 e. The Hall–Kier alpha value is -3.61. The predicted octanol–water partition coefficient (Wildman–Crippen LogP) is 4.04. The maximum Gasteiger partial charge on any atom is 0.417 e. The summed E-state index contributed by atoms with van der Waals surface area (Å²) in [7, 11) is 2.58. The molecule has 30 heavy (non-hydrogen) atoms. The maximum atomic E-state index is 14.7. The molecule has 156 valence electrons. The first-order chi connectivity index (χ1) is 14.0. The lowest BCUT2D eigenvalue weighted by atomic mass is 9.90. The standard InChI is InChI=1S/C20H15F4N3O3/c1-19(14-7-6-13(30-3)9-16(14)21)17(28)27(18(29)26(19)2)12-5-4-11(10-25)15(8-12)20(22,23)24/h4-9H,1-3H3. The molecule has 3 rings (SSSR count). The molecule has 0 spiro atoms. The van der Waals surface area contributed by atoms with Gasteiger partial charge in [0.15, 0.2) is 0 Å². The van der Waals surface area contributed by atoms with E-state index in [4.69, 9.17) is 10.00 Å². The molecule has 1 unspecified atom stereocenters. The molecule has 6 nitrogen and oxygen atoms in total. The number of benzene rings is 2. The highest BCUT2D eigenvalue weighted by Crippen LogP contribution is 2.42. The molecule has 1 saturated heterocycles. The van der Waals surface area contributed by atoms with E-state index in [1.54, 1.807) is 0 Å². The maximum absolute atomic E-state index is 14.7. The fraction of sp³-hybridized carbons (Fsp3) is 0.250. The van der Waals surface area contributed by atoms with E-state index in [1.807, 2.05) is 0 Å². The van der Waals surface area contributed by atoms with Gasteiger partial charge in [0, 0.05) is 18.7 Å². The molecule has 0 bridgehead atoms. The Balaban J connectivity index is 2.14. The minimum Gasteiger partial charge on any atom is -0.497 e. The van der Waals surface area contributed by atoms with E-state index >= 15 is 0 Å². The number of hydrogen-bond donors (Lipinski definition) is 0. The number of alkyl halides is 3. The van der Waals surface area contributed by atoms with Crippen LogP contribution in [0.2, 0.25) is 0 Å². The third kappa shape index (κ3) is 3.03. The van der Waals surface area contributed by atoms with Crippen molar-refractivity contribution in [3.05, 3.63) is 58.9 Å². The summed E-state index contributed by atoms with van der Waals surface area (Å²) >= 11 is 0. The summed E-state index contributed by atoms with van der Waals surface area (Å²) in [6.45, 7) is 1.30. The Labute approximate surface area is 168 Å². The first kappa shape index (κ1) is 21.1. The minimum atomic E-state index is -4.87. The number of ether oxygens (including phenoxy) is 1. The summed E-state index contributed by atoms with van der Waals surface area (Å²) in [6.07, 6.45) is -4.87. The zero-order chi connectivity index (χ0) is 22.4. The Morgan fingerprint density at radius 3 is 2.33 bits per heavy atom. The van der Waals surface area contributed by atoms with E-state index < -0.39 is 40.6 Å². The SMILES string of the molecule is COc1ccc(C2(C)C(=O)N(c3ccc(C#N)c(C(F)(F)F)c3)C(=O)N2C)c(F)c1. The monoisotopic (exact) mass is 421 g/mol. The van der Waals surface area contributed by atoms with Crippen LogP contribution < -0.4 is 9.64 Å². The molecule has 0 aliphatic carbocycles. The van der Waals surface area contributed by atoms with Crippen molar-refractivity contribution in [2.24, 2.45) is 0 Å². The van der Waals surface area contributed by atoms with Crippen LogP contribution in [0, 0.1) is 17.1 Å². The van der Waals surface area contributed by atoms with E-state index in [2.05, 4.69) is 0 Å². The molecule has 3 amide bonds. The Morgan fingerprint density at radius 1 is 1.13 bits per heavy atom. The first-order valence-electron chi connectivity index (χ1n) is 8.54. The summed E-state index contributed by atoms with van der Waals surface area (Å²) in [5, 5.41) is 8.93. The van der Waals surface area contributed by atoms with Crippen molar-refractivity contribution >= 4 is 17.6 Å². The van der Waals surface area contributed by atoms with Gasteiger partial charge in [-0.1, -0.05) is 0 Å². The van der Waals surface area contributed by atoms with Crippen LogP contribution in [0.1, 0.15) is 23.6 Å². The number of methoxy groups -OCH3 is 1. The van der Waals surface area contributed by atoms with E-state index in [0.29, 0.717) is 11.0 Å². The molecule has 1 aliphatic heterocycles. The molecule has 0 saturated carbocycles. The Bertz CT molecular complexity index is 1090. The highest BCUT2D eigenvalue weighted by molar-refractivity contribution is 6.23. The lowest BCUT2D eigenvalue weighted by Gasteiger charge is -2.29. The quantitative estimate of drug-likeness (QED) is 0.554. The number of urea groups is 1. The second kappa shape index (κ2) is 7.02. The van der Waals surface area contributed by atoms with Crippen LogP contribution in [0.4, 0.5) is 28.0 Å². The average Bonchev–Trinajstić information content (AvgIpc) is 2.87. The summed E-state index contributed by atoms with van der Waals surface area (Å²) in [6, 6.07) is 6.71. The number of carbonyl (C=O) groups is 2. The van der Waals surface area contributed by atoms with Gasteiger partial charge in [0.05, 0.1) is 30.0 Å². The predicted molar refractivity (Wildman–Crippen MR) is 97.1 cm³/mol. The summed E-state index contributed by atoms with van der Waals surface area (Å²) in [5.41, 5.74) is -4.26. The molecule has 10 heteroatoms. The zero-order valence-electron chi connectivity index (χ0n) is 16.0. The van der Waals surface area contributed by atoms with Crippen LogP contribution >= 0.6 is 0 Å². The van der Waals surface area contributed by atoms with Crippen LogP contribution in [0.15, 0.2) is 36.4 Å². The summed E-state index contributed by atoms with van der Waals surface area (Å²) < 4.78 is 59.5. The second-order valence-electron chi connectivity index (χ2n) is 6.74. The zero-order valence-corrected chi connectivity index (χ0v) is 16.0. The van der Waals surface area contributed by atoms with Gasteiger partial charge in [-0.25, -0.2) is 14.1 Å². The fourth-order valence-electron chi connectivity index (χ4n) is 3.33. The highest BCUT2D eigenvalue weighted by atomic mass is 19.4. The number of imide groups is 1. The number of halogens is 4. The molecule has 1 fully saturated rings. The van der Waals surface area contributed by atoms with Gasteiger partial charge in [0.2, 0.25) is 0 Å². The number of nitriles is 1. The Morgan fingerprint density at radius 2 is 1.80 bits per heavy atom. The summed E-state index contributed by atoms with van der Waals surface area (Å²) in [4.78, 5) is 27.5. The van der Waals surface area contributed by atoms with Crippen molar-refractivity contribution in [2.45, 2.75) is 18.6 Å². The molecule has 0 aromatic heterocycles. The summed E-state index contributed by atoms with van der Waals surface area (Å²) in [5.74, 6) is -1.56. The molecule has 2 aromatic carbocycles. The van der Waals surface area contributed by atoms with Gasteiger partial charge in [0.1, 0.15) is 17.1 Å². The number of nitrogens with zero attached hydrogens (tertiary/aromatic N) is 3. The third-order valence-corrected chi connectivity index (χ3v) is 5.16. The van der Waals surface area contributed by atoms with E-state index in [1.165, 1.54) is 39.3 Å². The van der Waals surface area contributed by atoms with Crippen molar-refractivity contribution in [1.29, 1.82) is 5.26 Å². The van der Waals surface area contributed by atoms with Gasteiger partial charge >= 0.3 is 12.2 Å². The van der Waals surface area contributed by atoms with Crippen LogP contribution in [0.3, 0.4) is 0 Å². The van der Waals surface area contributed by atoms with Crippen molar-refractivity contribution in [3.63, 3.8) is 0 Å². The van der Waals surface area contributed by atoms with Gasteiger partial charge in [-0.3, -0.25) is 4.79 Å². The number of likely N-dealkylation sites (N-methyl/N-ethyl adjacent to an activating group) is 1. The second-order valence-corrected chi connectivity index (χ2v) is 6.74. The van der Waals surface area contributed by atoms with Crippen molar-refractivity contribution in [1.82, 2.24) is 4.90 Å². The molecular weight excluding hydrogens is 406 g/mol. The van der Waals surface area contributed by atoms with Crippen LogP contribution in [-0.2, 0) is 16.5 Å². The normalized spacial score (nSPS) is 19.3. The molecule has 1 atom stereocenters. The lowest BCUT2D eigenvalue weighted by molar-refractivity contribution is -0.137. The molecule has 0 N–H and O–H groups in total. The fourth-order valence-corrected chi connectivity index (χ4v) is 3.33. The molecule has 2 aromatic rings. The minimum absolute atomic E-state index is 0.142. The Kier molecular flexibility index (Phi) is 4.94. The number of amides is 3. The van der Waals surface area contributed by atoms with Crippen LogP contribution in [0.25, 0.3) is 0 Å². The number of carbonyl (C=O) groups excluding carboxylic acids is 2. The van der Waals surface area contributed by atoms with E-state index in [0.717, 1.165) is 23.1 Å². The number of anilines is 1. The molecule has 1 heterocycles. The van der Waals surface area contributed by atoms with E-state index in [-0.39, 0.29) is 17.0 Å². The van der Waals surface area contributed by atoms with Crippen LogP contribution in [-0.4, -0.2) is 31.0 Å². The smallest absolute Gasteiger partial charge is 0.417 e.